The van der Waals surface area contributed by atoms with Crippen molar-refractivity contribution in [3.05, 3.63) is 64.5 Å². The molecule has 1 N–H and O–H groups in total. The van der Waals surface area contributed by atoms with Gasteiger partial charge in [-0.1, -0.05) is 30.3 Å². The van der Waals surface area contributed by atoms with E-state index >= 15 is 0 Å². The van der Waals surface area contributed by atoms with Crippen LogP contribution < -0.4 is 10.1 Å². The molecule has 0 aliphatic heterocycles. The Balaban J connectivity index is 1.70. The van der Waals surface area contributed by atoms with E-state index in [-0.39, 0.29) is 19.1 Å². The number of hydrogen-bond donors (Lipinski definition) is 1. The minimum Gasteiger partial charge on any atom is -0.485 e. The Morgan fingerprint density at radius 2 is 1.85 bits per heavy atom. The van der Waals surface area contributed by atoms with E-state index < -0.39 is 5.97 Å². The Labute approximate surface area is 201 Å². The number of fused-ring (bicyclic) bond motifs is 1. The number of aromatic nitrogens is 1. The second kappa shape index (κ2) is 9.69. The zero-order valence-corrected chi connectivity index (χ0v) is 20.6. The summed E-state index contributed by atoms with van der Waals surface area (Å²) in [4.78, 5) is 29.1. The minimum absolute atomic E-state index is 0.198. The van der Waals surface area contributed by atoms with Gasteiger partial charge in [-0.25, -0.2) is 9.78 Å². The first kappa shape index (κ1) is 23.5. The summed E-state index contributed by atoms with van der Waals surface area (Å²) in [6.45, 7) is 9.39. The van der Waals surface area contributed by atoms with Crippen LogP contribution in [-0.4, -0.2) is 23.5 Å². The summed E-state index contributed by atoms with van der Waals surface area (Å²) in [6.07, 6.45) is 0. The van der Waals surface area contributed by atoms with Crippen molar-refractivity contribution in [1.82, 2.24) is 4.98 Å². The zero-order valence-electron chi connectivity index (χ0n) is 19.8. The lowest BCUT2D eigenvalue weighted by Gasteiger charge is -2.09. The molecule has 0 bridgehead atoms. The first-order chi connectivity index (χ1) is 16.3. The van der Waals surface area contributed by atoms with Gasteiger partial charge in [-0.3, -0.25) is 4.79 Å². The lowest BCUT2D eigenvalue weighted by Crippen LogP contribution is -2.10. The summed E-state index contributed by atoms with van der Waals surface area (Å²) in [7, 11) is 0. The Hall–Kier alpha value is -3.65. The molecule has 1 amide bonds. The molecule has 2 heterocycles. The number of anilines is 1. The van der Waals surface area contributed by atoms with Gasteiger partial charge in [0.05, 0.1) is 11.3 Å². The van der Waals surface area contributed by atoms with E-state index in [1.807, 2.05) is 57.2 Å². The highest BCUT2D eigenvalue weighted by Crippen LogP contribution is 2.43. The lowest BCUT2D eigenvalue weighted by atomic mass is 10.1. The molecule has 7 nitrogen and oxygen atoms in total. The molecule has 0 fully saturated rings. The molecule has 0 atom stereocenters. The fourth-order valence-corrected chi connectivity index (χ4v) is 4.99. The van der Waals surface area contributed by atoms with Crippen molar-refractivity contribution in [2.75, 3.05) is 11.9 Å². The summed E-state index contributed by atoms with van der Waals surface area (Å²) < 4.78 is 18.1. The van der Waals surface area contributed by atoms with E-state index in [2.05, 4.69) is 10.3 Å². The number of carbonyl (C=O) groups excluding carboxylic acids is 2. The molecule has 0 aliphatic rings. The first-order valence-electron chi connectivity index (χ1n) is 11.0. The van der Waals surface area contributed by atoms with Gasteiger partial charge in [0.1, 0.15) is 34.4 Å². The number of hydrogen-bond acceptors (Lipinski definition) is 7. The topological polar surface area (TPSA) is 90.7 Å². The monoisotopic (exact) mass is 478 g/mol. The summed E-state index contributed by atoms with van der Waals surface area (Å²) in [5.74, 6) is 1.11. The Kier molecular flexibility index (Phi) is 6.70. The number of rotatable bonds is 7. The number of esters is 1. The molecule has 176 valence electrons. The first-order valence-corrected chi connectivity index (χ1v) is 11.8. The van der Waals surface area contributed by atoms with Crippen LogP contribution in [0, 0.1) is 20.8 Å². The molecule has 2 aromatic heterocycles. The highest BCUT2D eigenvalue weighted by molar-refractivity contribution is 7.24. The maximum atomic E-state index is 12.7. The van der Waals surface area contributed by atoms with Crippen LogP contribution in [0.4, 0.5) is 5.00 Å². The minimum atomic E-state index is -0.484. The third kappa shape index (κ3) is 4.54. The second-order valence-electron chi connectivity index (χ2n) is 7.92. The van der Waals surface area contributed by atoms with Crippen LogP contribution in [0.15, 0.2) is 40.8 Å². The van der Waals surface area contributed by atoms with E-state index in [0.29, 0.717) is 39.0 Å². The number of thiophene rings is 1. The van der Waals surface area contributed by atoms with Gasteiger partial charge < -0.3 is 19.2 Å². The quantitative estimate of drug-likeness (QED) is 0.318. The predicted molar refractivity (Wildman–Crippen MR) is 133 cm³/mol. The van der Waals surface area contributed by atoms with Gasteiger partial charge in [0.15, 0.2) is 0 Å². The van der Waals surface area contributed by atoms with E-state index in [9.17, 15) is 9.59 Å². The van der Waals surface area contributed by atoms with E-state index in [1.165, 1.54) is 18.3 Å². The van der Waals surface area contributed by atoms with Crippen LogP contribution in [0.2, 0.25) is 0 Å². The smallest absolute Gasteiger partial charge is 0.341 e. The number of benzene rings is 2. The van der Waals surface area contributed by atoms with Gasteiger partial charge in [-0.15, -0.1) is 11.3 Å². The summed E-state index contributed by atoms with van der Waals surface area (Å²) >= 11 is 1.29. The highest BCUT2D eigenvalue weighted by Gasteiger charge is 2.24. The Morgan fingerprint density at radius 1 is 1.09 bits per heavy atom. The summed E-state index contributed by atoms with van der Waals surface area (Å²) in [5.41, 5.74) is 3.94. The Morgan fingerprint density at radius 3 is 2.56 bits per heavy atom. The maximum absolute atomic E-state index is 12.7. The SMILES string of the molecule is CCOC(=O)c1c(NC(C)=O)sc2c(OCc3nc(-c4ccccc4C)oc3C)c(C)ccc12. The molecule has 4 rings (SSSR count). The normalized spacial score (nSPS) is 11.0. The van der Waals surface area contributed by atoms with Gasteiger partial charge in [-0.05, 0) is 44.9 Å². The van der Waals surface area contributed by atoms with Crippen LogP contribution in [0.1, 0.15) is 46.8 Å². The third-order valence-corrected chi connectivity index (χ3v) is 6.52. The number of carbonyl (C=O) groups is 2. The number of oxazole rings is 1. The lowest BCUT2D eigenvalue weighted by molar-refractivity contribution is -0.114. The van der Waals surface area contributed by atoms with Crippen LogP contribution in [0.5, 0.6) is 5.75 Å². The number of nitrogens with one attached hydrogen (secondary N) is 1. The van der Waals surface area contributed by atoms with Crippen molar-refractivity contribution in [3.63, 3.8) is 0 Å². The average Bonchev–Trinajstić information content (AvgIpc) is 3.33. The van der Waals surface area contributed by atoms with Crippen molar-refractivity contribution < 1.29 is 23.5 Å². The number of aryl methyl sites for hydroxylation is 3. The van der Waals surface area contributed by atoms with Crippen LogP contribution in [-0.2, 0) is 16.1 Å². The van der Waals surface area contributed by atoms with E-state index in [0.717, 1.165) is 21.4 Å². The predicted octanol–water partition coefficient (Wildman–Crippen LogP) is 6.20. The molecular formula is C26H26N2O5S. The number of nitrogens with zero attached hydrogens (tertiary/aromatic N) is 1. The van der Waals surface area contributed by atoms with Gasteiger partial charge in [-0.2, -0.15) is 0 Å². The van der Waals surface area contributed by atoms with Crippen molar-refractivity contribution >= 4 is 38.3 Å². The average molecular weight is 479 g/mol. The van der Waals surface area contributed by atoms with Crippen molar-refractivity contribution in [2.24, 2.45) is 0 Å². The van der Waals surface area contributed by atoms with Crippen molar-refractivity contribution in [3.8, 4) is 17.2 Å². The highest BCUT2D eigenvalue weighted by atomic mass is 32.1. The van der Waals surface area contributed by atoms with E-state index in [4.69, 9.17) is 13.9 Å². The van der Waals surface area contributed by atoms with Crippen molar-refractivity contribution in [1.29, 1.82) is 0 Å². The molecule has 2 aromatic carbocycles. The van der Waals surface area contributed by atoms with Crippen LogP contribution in [0.3, 0.4) is 0 Å². The number of ether oxygens (including phenoxy) is 2. The van der Waals surface area contributed by atoms with Crippen molar-refractivity contribution in [2.45, 2.75) is 41.2 Å². The third-order valence-electron chi connectivity index (χ3n) is 5.40. The summed E-state index contributed by atoms with van der Waals surface area (Å²) in [5, 5.41) is 3.87. The van der Waals surface area contributed by atoms with Gasteiger partial charge in [0, 0.05) is 17.9 Å². The standard InChI is InChI=1S/C26H26N2O5S/c1-6-31-26(30)21-19-12-11-15(3)22(23(19)34-25(21)27-17(5)29)32-13-20-16(4)33-24(28-20)18-10-8-7-9-14(18)2/h7-12H,6,13H2,1-5H3,(H,27,29). The van der Waals surface area contributed by atoms with Crippen LogP contribution in [0.25, 0.3) is 21.5 Å². The molecule has 34 heavy (non-hydrogen) atoms. The summed E-state index contributed by atoms with van der Waals surface area (Å²) in [6, 6.07) is 11.7. The molecule has 0 saturated carbocycles. The molecule has 0 saturated heterocycles. The maximum Gasteiger partial charge on any atom is 0.341 e. The fourth-order valence-electron chi connectivity index (χ4n) is 3.70. The molecule has 4 aromatic rings. The second-order valence-corrected chi connectivity index (χ2v) is 8.94. The Bertz CT molecular complexity index is 1390. The number of amides is 1. The van der Waals surface area contributed by atoms with Gasteiger partial charge in [0.2, 0.25) is 11.8 Å². The molecule has 0 radical (unpaired) electrons. The molecule has 0 aliphatic carbocycles. The van der Waals surface area contributed by atoms with Crippen LogP contribution >= 0.6 is 11.3 Å². The van der Waals surface area contributed by atoms with Gasteiger partial charge >= 0.3 is 5.97 Å². The fraction of sp³-hybridized carbons (Fsp3) is 0.269. The van der Waals surface area contributed by atoms with Gasteiger partial charge in [0.25, 0.3) is 0 Å². The molecular weight excluding hydrogens is 452 g/mol. The molecule has 0 unspecified atom stereocenters. The molecule has 0 spiro atoms. The zero-order chi connectivity index (χ0) is 24.4. The molecule has 8 heteroatoms. The van der Waals surface area contributed by atoms with E-state index in [1.54, 1.807) is 6.92 Å². The largest absolute Gasteiger partial charge is 0.485 e.